The zero-order valence-electron chi connectivity index (χ0n) is 10.7. The van der Waals surface area contributed by atoms with Crippen LogP contribution in [0, 0.1) is 5.82 Å². The average Bonchev–Trinajstić information content (AvgIpc) is 2.48. The molecular weight excluding hydrogens is 382 g/mol. The second-order valence-corrected chi connectivity index (χ2v) is 6.25. The van der Waals surface area contributed by atoms with Gasteiger partial charge in [-0.15, -0.1) is 11.6 Å². The molecule has 0 aliphatic carbocycles. The summed E-state index contributed by atoms with van der Waals surface area (Å²) in [6.45, 7) is 0.971. The van der Waals surface area contributed by atoms with E-state index in [2.05, 4.69) is 15.9 Å². The summed E-state index contributed by atoms with van der Waals surface area (Å²) in [6.07, 6.45) is 0. The number of hydrogen-bond acceptors (Lipinski definition) is 2. The van der Waals surface area contributed by atoms with Gasteiger partial charge in [-0.1, -0.05) is 17.7 Å². The molecule has 0 radical (unpaired) electrons. The van der Waals surface area contributed by atoms with Crippen LogP contribution in [-0.4, -0.2) is 13.2 Å². The lowest BCUT2D eigenvalue weighted by atomic mass is 10.0. The Morgan fingerprint density at radius 2 is 1.76 bits per heavy atom. The van der Waals surface area contributed by atoms with Crippen LogP contribution in [-0.2, 0) is 0 Å². The Morgan fingerprint density at radius 1 is 1.10 bits per heavy atom. The molecule has 1 atom stereocenters. The molecule has 2 aromatic carbocycles. The Balaban J connectivity index is 2.00. The molecule has 1 aliphatic rings. The number of hydrogen-bond donors (Lipinski definition) is 0. The van der Waals surface area contributed by atoms with Crippen molar-refractivity contribution in [2.24, 2.45) is 0 Å². The van der Waals surface area contributed by atoms with E-state index >= 15 is 0 Å². The van der Waals surface area contributed by atoms with Crippen molar-refractivity contribution in [3.63, 3.8) is 0 Å². The summed E-state index contributed by atoms with van der Waals surface area (Å²) in [5.74, 6) is 0.830. The van der Waals surface area contributed by atoms with E-state index < -0.39 is 5.38 Å². The van der Waals surface area contributed by atoms with Crippen LogP contribution in [0.15, 0.2) is 34.8 Å². The third kappa shape index (κ3) is 2.98. The minimum atomic E-state index is -0.573. The summed E-state index contributed by atoms with van der Waals surface area (Å²) in [6, 6.07) is 8.17. The molecule has 0 aromatic heterocycles. The highest BCUT2D eigenvalue weighted by Crippen LogP contribution is 2.41. The topological polar surface area (TPSA) is 18.5 Å². The summed E-state index contributed by atoms with van der Waals surface area (Å²) < 4.78 is 25.0. The van der Waals surface area contributed by atoms with Crippen molar-refractivity contribution in [2.75, 3.05) is 13.2 Å². The van der Waals surface area contributed by atoms with Crippen molar-refractivity contribution in [3.8, 4) is 11.5 Å². The molecule has 0 bridgehead atoms. The van der Waals surface area contributed by atoms with E-state index in [4.69, 9.17) is 32.7 Å². The fraction of sp³-hybridized carbons (Fsp3) is 0.200. The third-order valence-electron chi connectivity index (χ3n) is 3.17. The molecule has 1 aliphatic heterocycles. The molecule has 0 spiro atoms. The fourth-order valence-electron chi connectivity index (χ4n) is 2.12. The summed E-state index contributed by atoms with van der Waals surface area (Å²) in [5, 5.41) is -0.112. The molecule has 0 saturated heterocycles. The first kappa shape index (κ1) is 14.9. The summed E-state index contributed by atoms with van der Waals surface area (Å²) in [4.78, 5) is 0. The Bertz CT molecular complexity index is 694. The highest BCUT2D eigenvalue weighted by atomic mass is 79.9. The standard InChI is InChI=1S/C15H10BrCl2FO2/c16-10-2-1-8(5-12(10)19)15(18)9-6-13-14(7-11(9)17)21-4-3-20-13/h1-2,5-7,15H,3-4H2. The van der Waals surface area contributed by atoms with Crippen molar-refractivity contribution >= 4 is 39.1 Å². The van der Waals surface area contributed by atoms with E-state index in [1.54, 1.807) is 24.3 Å². The predicted molar refractivity (Wildman–Crippen MR) is 84.2 cm³/mol. The van der Waals surface area contributed by atoms with Crippen molar-refractivity contribution in [1.82, 2.24) is 0 Å². The van der Waals surface area contributed by atoms with Crippen LogP contribution in [0.1, 0.15) is 16.5 Å². The number of benzene rings is 2. The maximum Gasteiger partial charge on any atom is 0.162 e. The molecule has 0 fully saturated rings. The zero-order chi connectivity index (χ0) is 15.0. The largest absolute Gasteiger partial charge is 0.486 e. The van der Waals surface area contributed by atoms with E-state index in [-0.39, 0.29) is 5.82 Å². The second kappa shape index (κ2) is 6.03. The molecule has 1 heterocycles. The molecule has 110 valence electrons. The van der Waals surface area contributed by atoms with Crippen LogP contribution in [0.5, 0.6) is 11.5 Å². The maximum atomic E-state index is 13.6. The van der Waals surface area contributed by atoms with Gasteiger partial charge in [-0.2, -0.15) is 0 Å². The molecule has 3 rings (SSSR count). The maximum absolute atomic E-state index is 13.6. The first-order valence-electron chi connectivity index (χ1n) is 6.24. The number of rotatable bonds is 2. The minimum absolute atomic E-state index is 0.369. The van der Waals surface area contributed by atoms with Crippen molar-refractivity contribution in [2.45, 2.75) is 5.38 Å². The second-order valence-electron chi connectivity index (χ2n) is 4.55. The molecule has 2 aromatic rings. The van der Waals surface area contributed by atoms with Crippen LogP contribution in [0.4, 0.5) is 4.39 Å². The molecule has 6 heteroatoms. The highest BCUT2D eigenvalue weighted by Gasteiger charge is 2.21. The lowest BCUT2D eigenvalue weighted by Crippen LogP contribution is -2.15. The number of ether oxygens (including phenoxy) is 2. The lowest BCUT2D eigenvalue weighted by molar-refractivity contribution is 0.171. The predicted octanol–water partition coefficient (Wildman–Crippen LogP) is 5.34. The van der Waals surface area contributed by atoms with Crippen molar-refractivity contribution in [3.05, 3.63) is 56.8 Å². The smallest absolute Gasteiger partial charge is 0.162 e. The Labute approximate surface area is 139 Å². The SMILES string of the molecule is Fc1cc(C(Cl)c2cc3c(cc2Cl)OCCO3)ccc1Br. The lowest BCUT2D eigenvalue weighted by Gasteiger charge is -2.21. The van der Waals surface area contributed by atoms with Gasteiger partial charge in [-0.05, 0) is 45.3 Å². The number of alkyl halides is 1. The Morgan fingerprint density at radius 3 is 2.43 bits per heavy atom. The molecule has 21 heavy (non-hydrogen) atoms. The van der Waals surface area contributed by atoms with Crippen LogP contribution < -0.4 is 9.47 Å². The minimum Gasteiger partial charge on any atom is -0.486 e. The van der Waals surface area contributed by atoms with Gasteiger partial charge in [0.15, 0.2) is 11.5 Å². The fourth-order valence-corrected chi connectivity index (χ4v) is 3.01. The van der Waals surface area contributed by atoms with Gasteiger partial charge in [0.05, 0.1) is 9.85 Å². The van der Waals surface area contributed by atoms with Gasteiger partial charge in [0.2, 0.25) is 0 Å². The quantitative estimate of drug-likeness (QED) is 0.643. The zero-order valence-corrected chi connectivity index (χ0v) is 13.8. The summed E-state index contributed by atoms with van der Waals surface area (Å²) in [5.41, 5.74) is 1.28. The number of fused-ring (bicyclic) bond motifs is 1. The van der Waals surface area contributed by atoms with E-state index in [0.717, 1.165) is 0 Å². The van der Waals surface area contributed by atoms with Gasteiger partial charge in [0, 0.05) is 11.1 Å². The number of halogens is 4. The van der Waals surface area contributed by atoms with Gasteiger partial charge < -0.3 is 9.47 Å². The van der Waals surface area contributed by atoms with Crippen LogP contribution in [0.25, 0.3) is 0 Å². The Kier molecular flexibility index (Phi) is 4.29. The normalized spacial score (nSPS) is 14.9. The van der Waals surface area contributed by atoms with Gasteiger partial charge >= 0.3 is 0 Å². The van der Waals surface area contributed by atoms with Gasteiger partial charge in [-0.3, -0.25) is 0 Å². The summed E-state index contributed by atoms with van der Waals surface area (Å²) >= 11 is 15.8. The first-order chi connectivity index (χ1) is 10.1. The molecular formula is C15H10BrCl2FO2. The van der Waals surface area contributed by atoms with E-state index in [1.807, 2.05) is 0 Å². The van der Waals surface area contributed by atoms with Crippen molar-refractivity contribution in [1.29, 1.82) is 0 Å². The van der Waals surface area contributed by atoms with Crippen LogP contribution in [0.3, 0.4) is 0 Å². The van der Waals surface area contributed by atoms with Gasteiger partial charge in [0.25, 0.3) is 0 Å². The van der Waals surface area contributed by atoms with E-state index in [0.29, 0.717) is 45.3 Å². The van der Waals surface area contributed by atoms with Gasteiger partial charge in [0.1, 0.15) is 19.0 Å². The van der Waals surface area contributed by atoms with E-state index in [9.17, 15) is 4.39 Å². The molecule has 0 N–H and O–H groups in total. The molecule has 2 nitrogen and oxygen atoms in total. The van der Waals surface area contributed by atoms with Crippen LogP contribution in [0.2, 0.25) is 5.02 Å². The molecule has 0 saturated carbocycles. The van der Waals surface area contributed by atoms with E-state index in [1.165, 1.54) is 6.07 Å². The third-order valence-corrected chi connectivity index (χ3v) is 4.63. The van der Waals surface area contributed by atoms with Crippen molar-refractivity contribution < 1.29 is 13.9 Å². The Hall–Kier alpha value is -0.970. The average molecular weight is 392 g/mol. The van der Waals surface area contributed by atoms with Crippen LogP contribution >= 0.6 is 39.1 Å². The first-order valence-corrected chi connectivity index (χ1v) is 7.85. The molecule has 0 amide bonds. The monoisotopic (exact) mass is 390 g/mol. The molecule has 1 unspecified atom stereocenters. The summed E-state index contributed by atoms with van der Waals surface area (Å²) in [7, 11) is 0. The highest BCUT2D eigenvalue weighted by molar-refractivity contribution is 9.10. The van der Waals surface area contributed by atoms with Gasteiger partial charge in [-0.25, -0.2) is 4.39 Å².